The second-order valence-corrected chi connectivity index (χ2v) is 10.3. The number of halogens is 1. The number of hydrogen-bond acceptors (Lipinski definition) is 5. The van der Waals surface area contributed by atoms with Gasteiger partial charge in [-0.1, -0.05) is 12.1 Å². The highest BCUT2D eigenvalue weighted by Crippen LogP contribution is 2.34. The quantitative estimate of drug-likeness (QED) is 0.668. The highest BCUT2D eigenvalue weighted by molar-refractivity contribution is 7.91. The number of aryl methyl sites for hydroxylation is 1. The van der Waals surface area contributed by atoms with Crippen LogP contribution in [0.3, 0.4) is 0 Å². The van der Waals surface area contributed by atoms with Crippen LogP contribution in [-0.2, 0) is 16.4 Å². The molecule has 0 saturated carbocycles. The van der Waals surface area contributed by atoms with Crippen molar-refractivity contribution in [1.82, 2.24) is 9.55 Å². The van der Waals surface area contributed by atoms with Crippen LogP contribution >= 0.6 is 11.3 Å². The third-order valence-electron chi connectivity index (χ3n) is 5.20. The van der Waals surface area contributed by atoms with E-state index < -0.39 is 9.84 Å². The molecule has 8 heteroatoms. The Morgan fingerprint density at radius 1 is 1.29 bits per heavy atom. The minimum Gasteiger partial charge on any atom is -0.357 e. The van der Waals surface area contributed by atoms with Crippen LogP contribution in [-0.4, -0.2) is 29.5 Å². The molecule has 1 aliphatic heterocycles. The van der Waals surface area contributed by atoms with Gasteiger partial charge in [0, 0.05) is 34.9 Å². The summed E-state index contributed by atoms with van der Waals surface area (Å²) in [5.41, 5.74) is 5.01. The standard InChI is InChI=1S/C20H22FN3O2S2/c1-13-9-18(14(2)24(13)17-7-8-28(25,26)12-17)19-11-27-20(23-19)22-10-15-3-5-16(21)6-4-15/h3-6,9,11,17H,7-8,10,12H2,1-2H3,(H,22,23)/t17-/m1/s1. The summed E-state index contributed by atoms with van der Waals surface area (Å²) in [7, 11) is -2.93. The molecule has 2 aromatic heterocycles. The molecule has 0 aliphatic carbocycles. The molecule has 1 aromatic carbocycles. The summed E-state index contributed by atoms with van der Waals surface area (Å²) in [6, 6.07) is 8.48. The molecule has 1 aliphatic rings. The number of nitrogens with one attached hydrogen (secondary N) is 1. The maximum absolute atomic E-state index is 13.0. The summed E-state index contributed by atoms with van der Waals surface area (Å²) in [5, 5.41) is 6.08. The van der Waals surface area contributed by atoms with Gasteiger partial charge in [-0.3, -0.25) is 0 Å². The van der Waals surface area contributed by atoms with E-state index in [4.69, 9.17) is 0 Å². The van der Waals surface area contributed by atoms with Crippen molar-refractivity contribution in [3.63, 3.8) is 0 Å². The normalized spacial score (nSPS) is 18.5. The van der Waals surface area contributed by atoms with Gasteiger partial charge in [-0.25, -0.2) is 17.8 Å². The summed E-state index contributed by atoms with van der Waals surface area (Å²) in [5.74, 6) is 0.230. The molecule has 4 rings (SSSR count). The molecule has 28 heavy (non-hydrogen) atoms. The van der Waals surface area contributed by atoms with Crippen LogP contribution in [0.25, 0.3) is 11.3 Å². The molecule has 148 valence electrons. The number of thiazole rings is 1. The van der Waals surface area contributed by atoms with Gasteiger partial charge >= 0.3 is 0 Å². The first kappa shape index (κ1) is 19.1. The molecular weight excluding hydrogens is 397 g/mol. The molecule has 1 atom stereocenters. The Balaban J connectivity index is 1.52. The van der Waals surface area contributed by atoms with Gasteiger partial charge in [0.1, 0.15) is 5.82 Å². The van der Waals surface area contributed by atoms with E-state index >= 15 is 0 Å². The topological polar surface area (TPSA) is 64.0 Å². The van der Waals surface area contributed by atoms with Crippen molar-refractivity contribution < 1.29 is 12.8 Å². The van der Waals surface area contributed by atoms with Gasteiger partial charge in [0.15, 0.2) is 15.0 Å². The van der Waals surface area contributed by atoms with Gasteiger partial charge in [-0.15, -0.1) is 11.3 Å². The highest BCUT2D eigenvalue weighted by atomic mass is 32.2. The van der Waals surface area contributed by atoms with E-state index in [-0.39, 0.29) is 23.4 Å². The lowest BCUT2D eigenvalue weighted by Crippen LogP contribution is -2.13. The molecule has 1 N–H and O–H groups in total. The Morgan fingerprint density at radius 2 is 2.04 bits per heavy atom. The van der Waals surface area contributed by atoms with Crippen molar-refractivity contribution in [2.24, 2.45) is 0 Å². The molecule has 3 aromatic rings. The van der Waals surface area contributed by atoms with E-state index in [1.807, 2.05) is 19.2 Å². The lowest BCUT2D eigenvalue weighted by atomic mass is 10.2. The van der Waals surface area contributed by atoms with Crippen LogP contribution in [0.1, 0.15) is 29.4 Å². The largest absolute Gasteiger partial charge is 0.357 e. The maximum atomic E-state index is 13.0. The summed E-state index contributed by atoms with van der Waals surface area (Å²) in [6.07, 6.45) is 0.666. The first-order valence-electron chi connectivity index (χ1n) is 9.15. The van der Waals surface area contributed by atoms with Gasteiger partial charge in [0.2, 0.25) is 0 Å². The Kier molecular flexibility index (Phi) is 5.01. The van der Waals surface area contributed by atoms with Crippen molar-refractivity contribution in [2.45, 2.75) is 32.9 Å². The van der Waals surface area contributed by atoms with Crippen molar-refractivity contribution >= 4 is 26.3 Å². The fourth-order valence-electron chi connectivity index (χ4n) is 3.84. The summed E-state index contributed by atoms with van der Waals surface area (Å²) in [4.78, 5) is 4.69. The minimum atomic E-state index is -2.93. The van der Waals surface area contributed by atoms with Crippen LogP contribution < -0.4 is 5.32 Å². The summed E-state index contributed by atoms with van der Waals surface area (Å²) >= 11 is 1.52. The van der Waals surface area contributed by atoms with Gasteiger partial charge in [-0.2, -0.15) is 0 Å². The molecule has 1 saturated heterocycles. The zero-order valence-electron chi connectivity index (χ0n) is 15.8. The van der Waals surface area contributed by atoms with Crippen molar-refractivity contribution in [3.8, 4) is 11.3 Å². The second-order valence-electron chi connectivity index (χ2n) is 7.23. The molecule has 1 fully saturated rings. The van der Waals surface area contributed by atoms with E-state index in [1.54, 1.807) is 12.1 Å². The SMILES string of the molecule is Cc1cc(-c2csc(NCc3ccc(F)cc3)n2)c(C)n1[C@@H]1CCS(=O)(=O)C1. The van der Waals surface area contributed by atoms with E-state index in [9.17, 15) is 12.8 Å². The molecule has 0 unspecified atom stereocenters. The number of hydrogen-bond donors (Lipinski definition) is 1. The number of aromatic nitrogens is 2. The van der Waals surface area contributed by atoms with Gasteiger partial charge in [-0.05, 0) is 44.0 Å². The van der Waals surface area contributed by atoms with Crippen LogP contribution in [0.2, 0.25) is 0 Å². The fraction of sp³-hybridized carbons (Fsp3) is 0.350. The first-order valence-corrected chi connectivity index (χ1v) is 11.9. The summed E-state index contributed by atoms with van der Waals surface area (Å²) in [6.45, 7) is 4.62. The van der Waals surface area contributed by atoms with Crippen LogP contribution in [0.5, 0.6) is 0 Å². The van der Waals surface area contributed by atoms with Crippen molar-refractivity contribution in [3.05, 3.63) is 58.5 Å². The lowest BCUT2D eigenvalue weighted by Gasteiger charge is -2.16. The van der Waals surface area contributed by atoms with Gasteiger partial charge < -0.3 is 9.88 Å². The highest BCUT2D eigenvalue weighted by Gasteiger charge is 2.31. The predicted octanol–water partition coefficient (Wildman–Crippen LogP) is 4.34. The van der Waals surface area contributed by atoms with Gasteiger partial charge in [0.05, 0.1) is 17.2 Å². The Morgan fingerprint density at radius 3 is 2.71 bits per heavy atom. The molecule has 0 radical (unpaired) electrons. The molecular formula is C20H22FN3O2S2. The number of sulfone groups is 1. The van der Waals surface area contributed by atoms with E-state index in [0.29, 0.717) is 13.0 Å². The molecule has 3 heterocycles. The van der Waals surface area contributed by atoms with Crippen molar-refractivity contribution in [2.75, 3.05) is 16.8 Å². The molecule has 0 spiro atoms. The Labute approximate surface area is 168 Å². The zero-order valence-corrected chi connectivity index (χ0v) is 17.4. The van der Waals surface area contributed by atoms with E-state index in [1.165, 1.54) is 23.5 Å². The smallest absolute Gasteiger partial charge is 0.183 e. The number of rotatable bonds is 5. The lowest BCUT2D eigenvalue weighted by molar-refractivity contribution is 0.536. The third-order valence-corrected chi connectivity index (χ3v) is 7.75. The molecule has 5 nitrogen and oxygen atoms in total. The summed E-state index contributed by atoms with van der Waals surface area (Å²) < 4.78 is 38.9. The van der Waals surface area contributed by atoms with Crippen LogP contribution in [0.15, 0.2) is 35.7 Å². The Bertz CT molecular complexity index is 1100. The van der Waals surface area contributed by atoms with Crippen molar-refractivity contribution in [1.29, 1.82) is 0 Å². The van der Waals surface area contributed by atoms with Crippen LogP contribution in [0, 0.1) is 19.7 Å². The van der Waals surface area contributed by atoms with E-state index in [2.05, 4.69) is 20.9 Å². The predicted molar refractivity (Wildman–Crippen MR) is 111 cm³/mol. The average molecular weight is 420 g/mol. The molecule has 0 amide bonds. The number of benzene rings is 1. The molecule has 0 bridgehead atoms. The zero-order chi connectivity index (χ0) is 19.9. The monoisotopic (exact) mass is 419 g/mol. The van der Waals surface area contributed by atoms with Gasteiger partial charge in [0.25, 0.3) is 0 Å². The minimum absolute atomic E-state index is 0.00783. The average Bonchev–Trinajstić information content (AvgIpc) is 3.32. The Hall–Kier alpha value is -2.19. The van der Waals surface area contributed by atoms with Crippen LogP contribution in [0.4, 0.5) is 9.52 Å². The number of nitrogens with zero attached hydrogens (tertiary/aromatic N) is 2. The van der Waals surface area contributed by atoms with E-state index in [0.717, 1.165) is 33.3 Å². The fourth-order valence-corrected chi connectivity index (χ4v) is 6.25. The third kappa shape index (κ3) is 3.84. The second kappa shape index (κ2) is 7.33. The number of anilines is 1. The maximum Gasteiger partial charge on any atom is 0.183 e. The first-order chi connectivity index (χ1) is 13.3.